The molecule has 0 N–H and O–H groups in total. The molecule has 33 heavy (non-hydrogen) atoms. The summed E-state index contributed by atoms with van der Waals surface area (Å²) in [4.78, 5) is 12.8. The Morgan fingerprint density at radius 3 is 2.36 bits per heavy atom. The molecular weight excluding hydrogens is 404 g/mol. The number of hydrogen-bond acceptors (Lipinski definition) is 2. The van der Waals surface area contributed by atoms with E-state index in [4.69, 9.17) is 4.74 Å². The molecule has 1 heterocycles. The number of fused-ring (bicyclic) bond motifs is 10. The lowest BCUT2D eigenvalue weighted by Crippen LogP contribution is -2.63. The molecule has 2 nitrogen and oxygen atoms in total. The van der Waals surface area contributed by atoms with E-state index >= 15 is 0 Å². The van der Waals surface area contributed by atoms with E-state index in [2.05, 4.69) is 61.1 Å². The van der Waals surface area contributed by atoms with Gasteiger partial charge in [-0.25, -0.2) is 0 Å². The van der Waals surface area contributed by atoms with E-state index in [1.165, 1.54) is 50.5 Å². The Hall–Kier alpha value is -1.05. The maximum Gasteiger partial charge on any atom is 0.312 e. The van der Waals surface area contributed by atoms with Crippen LogP contribution in [-0.4, -0.2) is 12.1 Å². The number of ether oxygens (including phenoxy) is 1. The van der Waals surface area contributed by atoms with E-state index in [0.29, 0.717) is 16.7 Å². The molecule has 0 aromatic heterocycles. The van der Waals surface area contributed by atoms with Gasteiger partial charge in [0.15, 0.2) is 0 Å². The molecule has 5 aliphatic carbocycles. The quantitative estimate of drug-likeness (QED) is 0.277. The summed E-state index contributed by atoms with van der Waals surface area (Å²) in [5.74, 6) is 2.05. The predicted octanol–water partition coefficient (Wildman–Crippen LogP) is 7.88. The number of carbonyl (C=O) groups is 1. The van der Waals surface area contributed by atoms with Crippen LogP contribution in [0.4, 0.5) is 0 Å². The van der Waals surface area contributed by atoms with Crippen LogP contribution >= 0.6 is 0 Å². The smallest absolute Gasteiger partial charge is 0.312 e. The molecule has 2 heteroatoms. The molecule has 6 rings (SSSR count). The van der Waals surface area contributed by atoms with Gasteiger partial charge < -0.3 is 4.74 Å². The third-order valence-electron chi connectivity index (χ3n) is 13.6. The lowest BCUT2D eigenvalue weighted by Gasteiger charge is -2.71. The van der Waals surface area contributed by atoms with E-state index in [9.17, 15) is 4.79 Å². The van der Waals surface area contributed by atoms with E-state index in [1.807, 2.05) is 0 Å². The fourth-order valence-corrected chi connectivity index (χ4v) is 11.0. The van der Waals surface area contributed by atoms with Crippen LogP contribution in [0.25, 0.3) is 0 Å². The van der Waals surface area contributed by atoms with Gasteiger partial charge in [0.25, 0.3) is 0 Å². The van der Waals surface area contributed by atoms with Gasteiger partial charge in [-0.1, -0.05) is 65.3 Å². The van der Waals surface area contributed by atoms with Crippen LogP contribution in [0.2, 0.25) is 0 Å². The van der Waals surface area contributed by atoms with E-state index < -0.39 is 0 Å². The average molecular weight is 451 g/mol. The van der Waals surface area contributed by atoms with Crippen molar-refractivity contribution in [3.8, 4) is 0 Å². The van der Waals surface area contributed by atoms with Crippen LogP contribution in [0, 0.1) is 50.2 Å². The molecule has 0 aromatic carbocycles. The second-order valence-corrected chi connectivity index (χ2v) is 15.0. The first kappa shape index (κ1) is 22.4. The minimum Gasteiger partial charge on any atom is -0.461 e. The maximum absolute atomic E-state index is 12.8. The summed E-state index contributed by atoms with van der Waals surface area (Å²) in [5.41, 5.74) is 4.25. The number of rotatable bonds is 0. The van der Waals surface area contributed by atoms with Crippen molar-refractivity contribution >= 4 is 5.97 Å². The molecule has 2 bridgehead atoms. The highest BCUT2D eigenvalue weighted by Gasteiger charge is 2.70. The molecule has 1 saturated heterocycles. The summed E-state index contributed by atoms with van der Waals surface area (Å²) >= 11 is 0. The van der Waals surface area contributed by atoms with Gasteiger partial charge >= 0.3 is 5.97 Å². The number of esters is 1. The van der Waals surface area contributed by atoms with Crippen molar-refractivity contribution in [2.24, 2.45) is 50.2 Å². The van der Waals surface area contributed by atoms with E-state index in [-0.39, 0.29) is 33.7 Å². The highest BCUT2D eigenvalue weighted by Crippen LogP contribution is 2.76. The van der Waals surface area contributed by atoms with Crippen molar-refractivity contribution in [1.82, 2.24) is 0 Å². The standard InChI is InChI=1S/C31H46O2/c1-19-11-13-29(6)22(26(19,2)3)12-14-31(8)23(29)10-9-20-21-17-27(4)18-24(33-25(27)32)28(21,5)15-16-30(20,31)7/h9,21-24H,1,10-18H2,2-8H3/t21?,22?,23?,24-,27-,28+,29-,30+,31+/m0/s1. The Labute approximate surface area is 202 Å². The summed E-state index contributed by atoms with van der Waals surface area (Å²) in [5, 5.41) is 0. The zero-order valence-corrected chi connectivity index (χ0v) is 22.3. The van der Waals surface area contributed by atoms with Gasteiger partial charge in [-0.15, -0.1) is 0 Å². The Morgan fingerprint density at radius 1 is 0.909 bits per heavy atom. The zero-order valence-electron chi connectivity index (χ0n) is 22.3. The van der Waals surface area contributed by atoms with Crippen LogP contribution in [-0.2, 0) is 9.53 Å². The first-order valence-electron chi connectivity index (χ1n) is 13.8. The van der Waals surface area contributed by atoms with Crippen molar-refractivity contribution in [1.29, 1.82) is 0 Å². The van der Waals surface area contributed by atoms with Crippen molar-refractivity contribution in [2.75, 3.05) is 0 Å². The molecule has 3 unspecified atom stereocenters. The molecule has 0 aromatic rings. The van der Waals surface area contributed by atoms with E-state index in [1.54, 1.807) is 5.57 Å². The van der Waals surface area contributed by atoms with Gasteiger partial charge in [-0.3, -0.25) is 4.79 Å². The van der Waals surface area contributed by atoms with Gasteiger partial charge in [0, 0.05) is 11.8 Å². The van der Waals surface area contributed by atoms with Gasteiger partial charge in [0.05, 0.1) is 5.41 Å². The average Bonchev–Trinajstić information content (AvgIpc) is 3.00. The van der Waals surface area contributed by atoms with Crippen LogP contribution in [0.3, 0.4) is 0 Å². The first-order chi connectivity index (χ1) is 15.2. The highest BCUT2D eigenvalue weighted by molar-refractivity contribution is 5.79. The minimum absolute atomic E-state index is 0.0722. The second kappa shape index (κ2) is 6.19. The van der Waals surface area contributed by atoms with Crippen molar-refractivity contribution in [2.45, 2.75) is 112 Å². The highest BCUT2D eigenvalue weighted by atomic mass is 16.6. The number of allylic oxidation sites excluding steroid dienone is 3. The minimum atomic E-state index is -0.275. The third-order valence-corrected chi connectivity index (χ3v) is 13.6. The molecule has 0 radical (unpaired) electrons. The normalized spacial score (nSPS) is 56.6. The van der Waals surface area contributed by atoms with Crippen molar-refractivity contribution in [3.05, 3.63) is 23.8 Å². The molecule has 6 aliphatic rings. The fraction of sp³-hybridized carbons (Fsp3) is 0.839. The Kier molecular flexibility index (Phi) is 4.21. The molecule has 4 saturated carbocycles. The molecule has 0 amide bonds. The Bertz CT molecular complexity index is 973. The number of carbonyl (C=O) groups excluding carboxylic acids is 1. The second-order valence-electron chi connectivity index (χ2n) is 15.0. The summed E-state index contributed by atoms with van der Waals surface area (Å²) in [6.07, 6.45) is 13.6. The summed E-state index contributed by atoms with van der Waals surface area (Å²) in [6, 6.07) is 0. The van der Waals surface area contributed by atoms with E-state index in [0.717, 1.165) is 24.7 Å². The molecule has 5 fully saturated rings. The summed E-state index contributed by atoms with van der Waals surface area (Å²) < 4.78 is 6.05. The van der Waals surface area contributed by atoms with Crippen LogP contribution in [0.5, 0.6) is 0 Å². The molecule has 1 aliphatic heterocycles. The third kappa shape index (κ3) is 2.40. The van der Waals surface area contributed by atoms with Crippen LogP contribution < -0.4 is 0 Å². The Balaban J connectivity index is 1.44. The lowest BCUT2D eigenvalue weighted by molar-refractivity contribution is -0.174. The molecule has 0 spiro atoms. The van der Waals surface area contributed by atoms with Gasteiger partial charge in [-0.2, -0.15) is 0 Å². The predicted molar refractivity (Wildman–Crippen MR) is 133 cm³/mol. The van der Waals surface area contributed by atoms with Crippen molar-refractivity contribution < 1.29 is 9.53 Å². The molecular formula is C31H46O2. The maximum atomic E-state index is 12.8. The molecule has 182 valence electrons. The zero-order chi connectivity index (χ0) is 23.8. The summed E-state index contributed by atoms with van der Waals surface area (Å²) in [7, 11) is 0. The largest absolute Gasteiger partial charge is 0.461 e. The topological polar surface area (TPSA) is 26.3 Å². The monoisotopic (exact) mass is 450 g/mol. The SMILES string of the molecule is C=C1CC[C@@]2(C)C(CC[C@]3(C)C2CC=C2C4C[C@@]5(C)C[C@H](OC5=O)[C@]4(C)CC[C@]23C)C1(C)C. The van der Waals surface area contributed by atoms with Gasteiger partial charge in [0.1, 0.15) is 6.10 Å². The lowest BCUT2D eigenvalue weighted by atomic mass is 9.33. The van der Waals surface area contributed by atoms with Crippen molar-refractivity contribution in [3.63, 3.8) is 0 Å². The van der Waals surface area contributed by atoms with Crippen LogP contribution in [0.15, 0.2) is 23.8 Å². The molecule has 9 atom stereocenters. The van der Waals surface area contributed by atoms with Gasteiger partial charge in [0.2, 0.25) is 0 Å². The number of hydrogen-bond donors (Lipinski definition) is 0. The first-order valence-corrected chi connectivity index (χ1v) is 13.8. The van der Waals surface area contributed by atoms with Crippen LogP contribution in [0.1, 0.15) is 106 Å². The summed E-state index contributed by atoms with van der Waals surface area (Å²) in [6.45, 7) is 22.1. The Morgan fingerprint density at radius 2 is 1.64 bits per heavy atom. The fourth-order valence-electron chi connectivity index (χ4n) is 11.0. The van der Waals surface area contributed by atoms with Gasteiger partial charge in [-0.05, 0) is 97.7 Å².